The Balaban J connectivity index is 2.98. The van der Waals surface area contributed by atoms with Crippen LogP contribution in [-0.4, -0.2) is 13.0 Å². The predicted molar refractivity (Wildman–Crippen MR) is 65.8 cm³/mol. The molecule has 88 valence electrons. The number of methoxy groups -OCH3 is 1. The van der Waals surface area contributed by atoms with Gasteiger partial charge in [-0.1, -0.05) is 32.9 Å². The second-order valence-electron chi connectivity index (χ2n) is 4.86. The Bertz CT molecular complexity index is 391. The van der Waals surface area contributed by atoms with Crippen LogP contribution in [0.25, 0.3) is 0 Å². The number of aryl methyl sites for hydroxylation is 1. The second kappa shape index (κ2) is 4.56. The lowest BCUT2D eigenvalue weighted by Gasteiger charge is -2.19. The normalized spacial score (nSPS) is 11.1. The van der Waals surface area contributed by atoms with Crippen molar-refractivity contribution in [2.24, 2.45) is 5.41 Å². The number of benzene rings is 1. The zero-order valence-corrected chi connectivity index (χ0v) is 10.5. The largest absolute Gasteiger partial charge is 0.494 e. The molecule has 1 aromatic rings. The Morgan fingerprint density at radius 3 is 2.44 bits per heavy atom. The van der Waals surface area contributed by atoms with Crippen LogP contribution in [0.3, 0.4) is 0 Å². The molecule has 0 bridgehead atoms. The molecule has 3 heteroatoms. The van der Waals surface area contributed by atoms with Gasteiger partial charge in [0.15, 0.2) is 0 Å². The van der Waals surface area contributed by atoms with Crippen LogP contribution in [-0.2, 0) is 4.79 Å². The first-order chi connectivity index (χ1) is 7.36. The van der Waals surface area contributed by atoms with Crippen molar-refractivity contribution in [3.63, 3.8) is 0 Å². The Kier molecular flexibility index (Phi) is 3.58. The maximum atomic E-state index is 11.8. The van der Waals surface area contributed by atoms with Gasteiger partial charge in [-0.3, -0.25) is 4.79 Å². The number of para-hydroxylation sites is 1. The molecule has 3 nitrogen and oxygen atoms in total. The topological polar surface area (TPSA) is 38.3 Å². The molecular weight excluding hydrogens is 202 g/mol. The lowest BCUT2D eigenvalue weighted by atomic mass is 9.95. The number of hydrogen-bond donors (Lipinski definition) is 1. The highest BCUT2D eigenvalue weighted by Gasteiger charge is 2.22. The van der Waals surface area contributed by atoms with E-state index in [9.17, 15) is 4.79 Å². The third-order valence-electron chi connectivity index (χ3n) is 2.35. The molecule has 0 aliphatic heterocycles. The summed E-state index contributed by atoms with van der Waals surface area (Å²) in [6.45, 7) is 7.59. The number of carbonyl (C=O) groups excluding carboxylic acids is 1. The van der Waals surface area contributed by atoms with Gasteiger partial charge in [0.25, 0.3) is 0 Å². The Labute approximate surface area is 96.8 Å². The molecule has 0 atom stereocenters. The molecule has 1 rings (SSSR count). The van der Waals surface area contributed by atoms with Gasteiger partial charge in [-0.2, -0.15) is 0 Å². The highest BCUT2D eigenvalue weighted by molar-refractivity contribution is 5.96. The van der Waals surface area contributed by atoms with Gasteiger partial charge in [0.1, 0.15) is 5.75 Å². The molecule has 0 fully saturated rings. The number of amides is 1. The van der Waals surface area contributed by atoms with Crippen molar-refractivity contribution in [1.82, 2.24) is 0 Å². The lowest BCUT2D eigenvalue weighted by Crippen LogP contribution is -2.27. The first-order valence-corrected chi connectivity index (χ1v) is 5.31. The van der Waals surface area contributed by atoms with Crippen molar-refractivity contribution in [3.8, 4) is 5.75 Å². The van der Waals surface area contributed by atoms with E-state index in [2.05, 4.69) is 5.32 Å². The summed E-state index contributed by atoms with van der Waals surface area (Å²) in [5.41, 5.74) is 1.33. The van der Waals surface area contributed by atoms with E-state index in [0.717, 1.165) is 17.0 Å². The van der Waals surface area contributed by atoms with Crippen LogP contribution < -0.4 is 10.1 Å². The highest BCUT2D eigenvalue weighted by atomic mass is 16.5. The van der Waals surface area contributed by atoms with Crippen molar-refractivity contribution < 1.29 is 9.53 Å². The predicted octanol–water partition coefficient (Wildman–Crippen LogP) is 2.99. The lowest BCUT2D eigenvalue weighted by molar-refractivity contribution is -0.123. The van der Waals surface area contributed by atoms with Gasteiger partial charge >= 0.3 is 0 Å². The first-order valence-electron chi connectivity index (χ1n) is 5.31. The quantitative estimate of drug-likeness (QED) is 0.833. The van der Waals surface area contributed by atoms with E-state index < -0.39 is 5.41 Å². The van der Waals surface area contributed by atoms with E-state index >= 15 is 0 Å². The molecule has 0 aliphatic rings. The first kappa shape index (κ1) is 12.6. The summed E-state index contributed by atoms with van der Waals surface area (Å²) in [7, 11) is 1.61. The number of nitrogens with one attached hydrogen (secondary N) is 1. The van der Waals surface area contributed by atoms with Gasteiger partial charge in [-0.15, -0.1) is 0 Å². The van der Waals surface area contributed by atoms with Crippen LogP contribution in [0.15, 0.2) is 18.2 Å². The molecule has 0 aromatic heterocycles. The third kappa shape index (κ3) is 2.75. The van der Waals surface area contributed by atoms with Crippen LogP contribution in [0.2, 0.25) is 0 Å². The molecule has 0 radical (unpaired) electrons. The van der Waals surface area contributed by atoms with Gasteiger partial charge < -0.3 is 10.1 Å². The summed E-state index contributed by atoms with van der Waals surface area (Å²) in [6, 6.07) is 5.69. The van der Waals surface area contributed by atoms with Crippen molar-refractivity contribution >= 4 is 11.6 Å². The van der Waals surface area contributed by atoms with Gasteiger partial charge in [0.2, 0.25) is 5.91 Å². The molecule has 0 unspecified atom stereocenters. The van der Waals surface area contributed by atoms with E-state index in [-0.39, 0.29) is 5.91 Å². The van der Waals surface area contributed by atoms with Crippen LogP contribution in [0, 0.1) is 12.3 Å². The summed E-state index contributed by atoms with van der Waals surface area (Å²) >= 11 is 0. The molecule has 0 heterocycles. The molecular formula is C13H19NO2. The van der Waals surface area contributed by atoms with Crippen LogP contribution >= 0.6 is 0 Å². The van der Waals surface area contributed by atoms with E-state index in [1.807, 2.05) is 45.9 Å². The number of anilines is 1. The minimum Gasteiger partial charge on any atom is -0.494 e. The monoisotopic (exact) mass is 221 g/mol. The Morgan fingerprint density at radius 2 is 1.94 bits per heavy atom. The van der Waals surface area contributed by atoms with Gasteiger partial charge in [0, 0.05) is 5.41 Å². The van der Waals surface area contributed by atoms with Crippen LogP contribution in [0.4, 0.5) is 5.69 Å². The maximum Gasteiger partial charge on any atom is 0.229 e. The second-order valence-corrected chi connectivity index (χ2v) is 4.86. The molecule has 16 heavy (non-hydrogen) atoms. The molecule has 1 amide bonds. The zero-order valence-electron chi connectivity index (χ0n) is 10.5. The van der Waals surface area contributed by atoms with E-state index in [1.54, 1.807) is 7.11 Å². The molecule has 0 saturated carbocycles. The Hall–Kier alpha value is -1.51. The molecule has 0 spiro atoms. The SMILES string of the molecule is COc1c(C)cccc1NC(=O)C(C)(C)C. The average molecular weight is 221 g/mol. The van der Waals surface area contributed by atoms with Crippen molar-refractivity contribution in [2.45, 2.75) is 27.7 Å². The van der Waals surface area contributed by atoms with E-state index in [4.69, 9.17) is 4.74 Å². The fraction of sp³-hybridized carbons (Fsp3) is 0.462. The highest BCUT2D eigenvalue weighted by Crippen LogP contribution is 2.29. The summed E-state index contributed by atoms with van der Waals surface area (Å²) in [5.74, 6) is 0.705. The van der Waals surface area contributed by atoms with E-state index in [0.29, 0.717) is 0 Å². The minimum absolute atomic E-state index is 0.0172. The molecule has 0 saturated heterocycles. The average Bonchev–Trinajstić information content (AvgIpc) is 2.16. The maximum absolute atomic E-state index is 11.8. The summed E-state index contributed by atoms with van der Waals surface area (Å²) in [4.78, 5) is 11.8. The van der Waals surface area contributed by atoms with Crippen molar-refractivity contribution in [3.05, 3.63) is 23.8 Å². The fourth-order valence-corrected chi connectivity index (χ4v) is 1.33. The van der Waals surface area contributed by atoms with Crippen LogP contribution in [0.1, 0.15) is 26.3 Å². The third-order valence-corrected chi connectivity index (χ3v) is 2.35. The van der Waals surface area contributed by atoms with E-state index in [1.165, 1.54) is 0 Å². The van der Waals surface area contributed by atoms with Gasteiger partial charge in [-0.05, 0) is 18.6 Å². The minimum atomic E-state index is -0.408. The summed E-state index contributed by atoms with van der Waals surface area (Å²) < 4.78 is 5.27. The van der Waals surface area contributed by atoms with Crippen molar-refractivity contribution in [1.29, 1.82) is 0 Å². The summed E-state index contributed by atoms with van der Waals surface area (Å²) in [5, 5.41) is 2.88. The number of hydrogen-bond acceptors (Lipinski definition) is 2. The molecule has 0 aliphatic carbocycles. The van der Waals surface area contributed by atoms with Gasteiger partial charge in [0.05, 0.1) is 12.8 Å². The molecule has 1 aromatic carbocycles. The smallest absolute Gasteiger partial charge is 0.229 e. The molecule has 1 N–H and O–H groups in total. The summed E-state index contributed by atoms with van der Waals surface area (Å²) in [6.07, 6.45) is 0. The standard InChI is InChI=1S/C13H19NO2/c1-9-7-6-8-10(11(9)16-5)14-12(15)13(2,3)4/h6-8H,1-5H3,(H,14,15). The number of carbonyl (C=O) groups is 1. The Morgan fingerprint density at radius 1 is 1.31 bits per heavy atom. The van der Waals surface area contributed by atoms with Gasteiger partial charge in [-0.25, -0.2) is 0 Å². The number of ether oxygens (including phenoxy) is 1. The fourth-order valence-electron chi connectivity index (χ4n) is 1.33. The van der Waals surface area contributed by atoms with Crippen LogP contribution in [0.5, 0.6) is 5.75 Å². The zero-order chi connectivity index (χ0) is 12.3. The number of rotatable bonds is 2. The van der Waals surface area contributed by atoms with Crippen molar-refractivity contribution in [2.75, 3.05) is 12.4 Å².